The van der Waals surface area contributed by atoms with Crippen molar-refractivity contribution in [3.05, 3.63) is 22.4 Å². The fourth-order valence-electron chi connectivity index (χ4n) is 2.40. The van der Waals surface area contributed by atoms with Crippen molar-refractivity contribution in [2.45, 2.75) is 19.8 Å². The number of aromatic nitrogens is 1. The third-order valence-corrected chi connectivity index (χ3v) is 4.00. The predicted molar refractivity (Wildman–Crippen MR) is 82.9 cm³/mol. The number of amides is 1. The molecule has 2 rings (SSSR count). The Kier molecular flexibility index (Phi) is 5.89. The van der Waals surface area contributed by atoms with Crippen LogP contribution in [0.15, 0.2) is 16.7 Å². The molecule has 19 heavy (non-hydrogen) atoms. The van der Waals surface area contributed by atoms with E-state index in [-0.39, 0.29) is 23.7 Å². The van der Waals surface area contributed by atoms with Crippen LogP contribution in [0.4, 0.5) is 0 Å². The van der Waals surface area contributed by atoms with Crippen LogP contribution in [0.5, 0.6) is 0 Å². The van der Waals surface area contributed by atoms with Gasteiger partial charge in [0.25, 0.3) is 5.91 Å². The van der Waals surface area contributed by atoms with Gasteiger partial charge in [-0.15, -0.1) is 12.4 Å². The Morgan fingerprint density at radius 1 is 1.63 bits per heavy atom. The molecular weight excluding hydrogens is 330 g/mol. The molecule has 0 bridgehead atoms. The second-order valence-corrected chi connectivity index (χ2v) is 6.34. The Morgan fingerprint density at radius 2 is 2.37 bits per heavy atom. The molecule has 2 heterocycles. The SMILES string of the molecule is Cl.Cn1cc(Br)cc1C(=O)NCC1(C)CCCNC1. The van der Waals surface area contributed by atoms with E-state index in [1.807, 2.05) is 23.9 Å². The smallest absolute Gasteiger partial charge is 0.267 e. The molecule has 1 saturated heterocycles. The Hall–Kier alpha value is -0.520. The van der Waals surface area contributed by atoms with Gasteiger partial charge in [0, 0.05) is 30.8 Å². The van der Waals surface area contributed by atoms with Crippen molar-refractivity contribution < 1.29 is 4.79 Å². The molecule has 0 saturated carbocycles. The summed E-state index contributed by atoms with van der Waals surface area (Å²) in [6.07, 6.45) is 4.23. The van der Waals surface area contributed by atoms with Crippen LogP contribution >= 0.6 is 28.3 Å². The fourth-order valence-corrected chi connectivity index (χ4v) is 2.93. The summed E-state index contributed by atoms with van der Waals surface area (Å²) < 4.78 is 2.77. The van der Waals surface area contributed by atoms with Gasteiger partial charge >= 0.3 is 0 Å². The van der Waals surface area contributed by atoms with Crippen molar-refractivity contribution in [1.82, 2.24) is 15.2 Å². The van der Waals surface area contributed by atoms with Crippen LogP contribution in [-0.2, 0) is 7.05 Å². The number of hydrogen-bond donors (Lipinski definition) is 2. The first-order chi connectivity index (χ1) is 8.50. The minimum absolute atomic E-state index is 0. The Labute approximate surface area is 128 Å². The molecule has 1 aliphatic rings. The second-order valence-electron chi connectivity index (χ2n) is 5.43. The van der Waals surface area contributed by atoms with Crippen LogP contribution in [0.1, 0.15) is 30.3 Å². The molecular formula is C13H21BrClN3O. The topological polar surface area (TPSA) is 46.1 Å². The lowest BCUT2D eigenvalue weighted by Crippen LogP contribution is -2.45. The lowest BCUT2D eigenvalue weighted by Gasteiger charge is -2.34. The van der Waals surface area contributed by atoms with Gasteiger partial charge in [-0.1, -0.05) is 6.92 Å². The van der Waals surface area contributed by atoms with Crippen LogP contribution in [0.3, 0.4) is 0 Å². The minimum atomic E-state index is -0.00463. The highest BCUT2D eigenvalue weighted by Crippen LogP contribution is 2.24. The average Bonchev–Trinajstić information content (AvgIpc) is 2.67. The predicted octanol–water partition coefficient (Wildman–Crippen LogP) is 2.33. The van der Waals surface area contributed by atoms with Gasteiger partial charge in [-0.05, 0) is 46.8 Å². The van der Waals surface area contributed by atoms with E-state index in [1.165, 1.54) is 6.42 Å². The van der Waals surface area contributed by atoms with Gasteiger partial charge in [-0.3, -0.25) is 4.79 Å². The van der Waals surface area contributed by atoms with Gasteiger partial charge in [0.2, 0.25) is 0 Å². The number of aryl methyl sites for hydroxylation is 1. The quantitative estimate of drug-likeness (QED) is 0.879. The van der Waals surface area contributed by atoms with E-state index in [0.717, 1.165) is 30.5 Å². The first-order valence-corrected chi connectivity index (χ1v) is 7.10. The van der Waals surface area contributed by atoms with E-state index in [9.17, 15) is 4.79 Å². The molecule has 1 fully saturated rings. The molecule has 6 heteroatoms. The Bertz CT molecular complexity index is 441. The van der Waals surface area contributed by atoms with E-state index in [1.54, 1.807) is 0 Å². The van der Waals surface area contributed by atoms with E-state index in [0.29, 0.717) is 5.69 Å². The van der Waals surface area contributed by atoms with Crippen LogP contribution in [0.2, 0.25) is 0 Å². The fraction of sp³-hybridized carbons (Fsp3) is 0.615. The summed E-state index contributed by atoms with van der Waals surface area (Å²) in [6.45, 7) is 5.01. The van der Waals surface area contributed by atoms with Gasteiger partial charge in [0.05, 0.1) is 0 Å². The Balaban J connectivity index is 0.00000180. The molecule has 0 radical (unpaired) electrons. The third kappa shape index (κ3) is 4.23. The van der Waals surface area contributed by atoms with Crippen molar-refractivity contribution in [3.63, 3.8) is 0 Å². The summed E-state index contributed by atoms with van der Waals surface area (Å²) in [6, 6.07) is 1.84. The zero-order chi connectivity index (χ0) is 13.2. The minimum Gasteiger partial charge on any atom is -0.350 e. The lowest BCUT2D eigenvalue weighted by molar-refractivity contribution is 0.0916. The van der Waals surface area contributed by atoms with E-state index in [4.69, 9.17) is 0 Å². The number of carbonyl (C=O) groups is 1. The molecule has 0 aliphatic carbocycles. The lowest BCUT2D eigenvalue weighted by atomic mass is 9.83. The zero-order valence-corrected chi connectivity index (χ0v) is 13.7. The highest BCUT2D eigenvalue weighted by atomic mass is 79.9. The van der Waals surface area contributed by atoms with E-state index >= 15 is 0 Å². The Morgan fingerprint density at radius 3 is 2.89 bits per heavy atom. The molecule has 0 spiro atoms. The standard InChI is InChI=1S/C13H20BrN3O.ClH/c1-13(4-3-5-15-8-13)9-16-12(18)11-6-10(14)7-17(11)2;/h6-7,15H,3-5,8-9H2,1-2H3,(H,16,18);1H. The third-order valence-electron chi connectivity index (χ3n) is 3.57. The molecule has 4 nitrogen and oxygen atoms in total. The molecule has 1 aliphatic heterocycles. The molecule has 1 aromatic heterocycles. The van der Waals surface area contributed by atoms with Crippen LogP contribution in [0, 0.1) is 5.41 Å². The average molecular weight is 351 g/mol. The zero-order valence-electron chi connectivity index (χ0n) is 11.3. The highest BCUT2D eigenvalue weighted by Gasteiger charge is 2.27. The largest absolute Gasteiger partial charge is 0.350 e. The molecule has 0 aromatic carbocycles. The number of halogens is 2. The number of rotatable bonds is 3. The van der Waals surface area contributed by atoms with Crippen molar-refractivity contribution in [3.8, 4) is 0 Å². The molecule has 108 valence electrons. The van der Waals surface area contributed by atoms with Crippen molar-refractivity contribution in [1.29, 1.82) is 0 Å². The first-order valence-electron chi connectivity index (χ1n) is 6.31. The second kappa shape index (κ2) is 6.77. The maximum Gasteiger partial charge on any atom is 0.267 e. The first kappa shape index (κ1) is 16.5. The van der Waals surface area contributed by atoms with Gasteiger partial charge in [0.1, 0.15) is 5.69 Å². The van der Waals surface area contributed by atoms with Gasteiger partial charge < -0.3 is 15.2 Å². The van der Waals surface area contributed by atoms with Crippen LogP contribution < -0.4 is 10.6 Å². The van der Waals surface area contributed by atoms with Crippen molar-refractivity contribution in [2.75, 3.05) is 19.6 Å². The van der Waals surface area contributed by atoms with Crippen LogP contribution in [-0.4, -0.2) is 30.1 Å². The van der Waals surface area contributed by atoms with Gasteiger partial charge in [0.15, 0.2) is 0 Å². The van der Waals surface area contributed by atoms with Gasteiger partial charge in [-0.2, -0.15) is 0 Å². The number of nitrogens with zero attached hydrogens (tertiary/aromatic N) is 1. The number of hydrogen-bond acceptors (Lipinski definition) is 2. The van der Waals surface area contributed by atoms with Crippen molar-refractivity contribution in [2.24, 2.45) is 12.5 Å². The summed E-state index contributed by atoms with van der Waals surface area (Å²) in [5.74, 6) is -0.00463. The van der Waals surface area contributed by atoms with Crippen LogP contribution in [0.25, 0.3) is 0 Å². The molecule has 1 unspecified atom stereocenters. The number of carbonyl (C=O) groups excluding carboxylic acids is 1. The molecule has 1 atom stereocenters. The highest BCUT2D eigenvalue weighted by molar-refractivity contribution is 9.10. The number of piperidine rings is 1. The maximum atomic E-state index is 12.1. The summed E-state index contributed by atoms with van der Waals surface area (Å²) in [4.78, 5) is 12.1. The van der Waals surface area contributed by atoms with E-state index in [2.05, 4.69) is 33.5 Å². The molecule has 1 amide bonds. The van der Waals surface area contributed by atoms with Crippen molar-refractivity contribution >= 4 is 34.2 Å². The summed E-state index contributed by atoms with van der Waals surface area (Å²) >= 11 is 3.38. The van der Waals surface area contributed by atoms with Gasteiger partial charge in [-0.25, -0.2) is 0 Å². The number of nitrogens with one attached hydrogen (secondary N) is 2. The summed E-state index contributed by atoms with van der Waals surface area (Å²) in [5.41, 5.74) is 0.866. The monoisotopic (exact) mass is 349 g/mol. The maximum absolute atomic E-state index is 12.1. The van der Waals surface area contributed by atoms with E-state index < -0.39 is 0 Å². The summed E-state index contributed by atoms with van der Waals surface area (Å²) in [7, 11) is 1.88. The summed E-state index contributed by atoms with van der Waals surface area (Å²) in [5, 5.41) is 6.43. The molecule has 1 aromatic rings. The molecule has 2 N–H and O–H groups in total. The normalized spacial score (nSPS) is 22.7.